The van der Waals surface area contributed by atoms with E-state index in [2.05, 4.69) is 10.3 Å². The normalized spacial score (nSPS) is 12.3. The predicted molar refractivity (Wildman–Crippen MR) is 107 cm³/mol. The molecule has 1 amide bonds. The first-order valence-corrected chi connectivity index (χ1v) is 9.39. The molecule has 28 heavy (non-hydrogen) atoms. The maximum absolute atomic E-state index is 12.6. The van der Waals surface area contributed by atoms with E-state index in [1.54, 1.807) is 36.4 Å². The van der Waals surface area contributed by atoms with Crippen molar-refractivity contribution in [1.29, 1.82) is 0 Å². The number of hydrogen-bond acceptors (Lipinski definition) is 6. The van der Waals surface area contributed by atoms with Crippen LogP contribution in [0.1, 0.15) is 10.4 Å². The number of amides is 1. The summed E-state index contributed by atoms with van der Waals surface area (Å²) < 4.78 is 11.6. The number of phenols is 1. The lowest BCUT2D eigenvalue weighted by Crippen LogP contribution is -2.11. The van der Waals surface area contributed by atoms with Gasteiger partial charge in [-0.3, -0.25) is 4.79 Å². The summed E-state index contributed by atoms with van der Waals surface area (Å²) in [6, 6.07) is 17.7. The highest BCUT2D eigenvalue weighted by molar-refractivity contribution is 7.21. The van der Waals surface area contributed by atoms with E-state index < -0.39 is 0 Å². The zero-order valence-corrected chi connectivity index (χ0v) is 15.3. The van der Waals surface area contributed by atoms with Gasteiger partial charge in [0.05, 0.1) is 15.8 Å². The predicted octanol–water partition coefficient (Wildman–Crippen LogP) is 4.65. The summed E-state index contributed by atoms with van der Waals surface area (Å²) in [5, 5.41) is 13.8. The van der Waals surface area contributed by atoms with E-state index in [4.69, 9.17) is 9.47 Å². The van der Waals surface area contributed by atoms with Crippen molar-refractivity contribution < 1.29 is 19.4 Å². The van der Waals surface area contributed by atoms with E-state index in [0.29, 0.717) is 33.3 Å². The Kier molecular flexibility index (Phi) is 3.87. The zero-order chi connectivity index (χ0) is 19.1. The molecule has 3 aromatic carbocycles. The third-order valence-electron chi connectivity index (χ3n) is 4.41. The molecular weight excluding hydrogens is 376 g/mol. The van der Waals surface area contributed by atoms with Gasteiger partial charge < -0.3 is 19.9 Å². The number of ether oxygens (including phenoxy) is 2. The molecule has 0 fully saturated rings. The second-order valence-corrected chi connectivity index (χ2v) is 7.27. The van der Waals surface area contributed by atoms with Crippen molar-refractivity contribution in [2.24, 2.45) is 0 Å². The van der Waals surface area contributed by atoms with Crippen molar-refractivity contribution in [2.75, 3.05) is 12.1 Å². The lowest BCUT2D eigenvalue weighted by atomic mass is 10.1. The third kappa shape index (κ3) is 2.91. The Balaban J connectivity index is 1.44. The van der Waals surface area contributed by atoms with Gasteiger partial charge in [-0.2, -0.15) is 0 Å². The Morgan fingerprint density at radius 1 is 1.04 bits per heavy atom. The largest absolute Gasteiger partial charge is 0.507 e. The number of aromatic hydroxyl groups is 1. The summed E-state index contributed by atoms with van der Waals surface area (Å²) in [7, 11) is 0. The highest BCUT2D eigenvalue weighted by Gasteiger charge is 2.17. The van der Waals surface area contributed by atoms with Crippen LogP contribution >= 0.6 is 11.3 Å². The molecule has 1 aliphatic heterocycles. The Morgan fingerprint density at radius 3 is 2.79 bits per heavy atom. The summed E-state index contributed by atoms with van der Waals surface area (Å²) in [5.41, 5.74) is 2.47. The second kappa shape index (κ2) is 6.54. The van der Waals surface area contributed by atoms with Crippen molar-refractivity contribution >= 4 is 33.1 Å². The molecule has 5 rings (SSSR count). The molecule has 0 saturated heterocycles. The van der Waals surface area contributed by atoms with Crippen LogP contribution in [-0.4, -0.2) is 22.8 Å². The molecule has 0 bridgehead atoms. The second-order valence-electron chi connectivity index (χ2n) is 6.24. The maximum Gasteiger partial charge on any atom is 0.255 e. The first-order valence-electron chi connectivity index (χ1n) is 8.57. The number of hydrogen-bond donors (Lipinski definition) is 2. The van der Waals surface area contributed by atoms with Crippen LogP contribution in [0, 0.1) is 0 Å². The number of carbonyl (C=O) groups is 1. The summed E-state index contributed by atoms with van der Waals surface area (Å²) >= 11 is 1.49. The fourth-order valence-corrected chi connectivity index (χ4v) is 4.00. The molecule has 1 aliphatic rings. The van der Waals surface area contributed by atoms with Crippen molar-refractivity contribution in [3.05, 3.63) is 66.2 Å². The number of phenolic OH excluding ortho intramolecular Hbond substituents is 1. The SMILES string of the molecule is O=C(Nc1ccc(O)c(-c2nc3ccccc3s2)c1)c1ccc2c(c1)OCO2. The molecule has 0 saturated carbocycles. The molecule has 7 heteroatoms. The van der Waals surface area contributed by atoms with Crippen molar-refractivity contribution in [2.45, 2.75) is 0 Å². The number of nitrogens with one attached hydrogen (secondary N) is 1. The lowest BCUT2D eigenvalue weighted by molar-refractivity contribution is 0.102. The van der Waals surface area contributed by atoms with Crippen LogP contribution in [0.15, 0.2) is 60.7 Å². The van der Waals surface area contributed by atoms with Crippen LogP contribution in [-0.2, 0) is 0 Å². The van der Waals surface area contributed by atoms with Gasteiger partial charge in [-0.15, -0.1) is 11.3 Å². The van der Waals surface area contributed by atoms with E-state index in [1.165, 1.54) is 11.3 Å². The number of anilines is 1. The zero-order valence-electron chi connectivity index (χ0n) is 14.5. The van der Waals surface area contributed by atoms with E-state index >= 15 is 0 Å². The first-order chi connectivity index (χ1) is 13.7. The van der Waals surface area contributed by atoms with Crippen LogP contribution in [0.3, 0.4) is 0 Å². The standard InChI is InChI=1S/C21H14N2O4S/c24-16-7-6-13(10-14(16)21-23-15-3-1-2-4-19(15)28-21)22-20(25)12-5-8-17-18(9-12)27-11-26-17/h1-10,24H,11H2,(H,22,25). The molecule has 138 valence electrons. The van der Waals surface area contributed by atoms with E-state index in [-0.39, 0.29) is 18.4 Å². The Labute approximate surface area is 164 Å². The molecule has 0 radical (unpaired) electrons. The number of thiazole rings is 1. The average Bonchev–Trinajstić information content (AvgIpc) is 3.35. The maximum atomic E-state index is 12.6. The van der Waals surface area contributed by atoms with Gasteiger partial charge in [-0.05, 0) is 48.5 Å². The number of fused-ring (bicyclic) bond motifs is 2. The first kappa shape index (κ1) is 16.6. The molecule has 0 aliphatic carbocycles. The van der Waals surface area contributed by atoms with Crippen LogP contribution in [0.2, 0.25) is 0 Å². The monoisotopic (exact) mass is 390 g/mol. The molecule has 0 unspecified atom stereocenters. The highest BCUT2D eigenvalue weighted by atomic mass is 32.1. The van der Waals surface area contributed by atoms with Gasteiger partial charge in [0.1, 0.15) is 10.8 Å². The number of nitrogens with zero attached hydrogens (tertiary/aromatic N) is 1. The minimum atomic E-state index is -0.278. The van der Waals surface area contributed by atoms with E-state index in [0.717, 1.165) is 10.2 Å². The van der Waals surface area contributed by atoms with Crippen molar-refractivity contribution in [3.63, 3.8) is 0 Å². The fourth-order valence-electron chi connectivity index (χ4n) is 3.01. The molecule has 2 heterocycles. The van der Waals surface area contributed by atoms with Gasteiger partial charge in [0, 0.05) is 11.3 Å². The van der Waals surface area contributed by atoms with Crippen LogP contribution in [0.4, 0.5) is 5.69 Å². The highest BCUT2D eigenvalue weighted by Crippen LogP contribution is 2.37. The molecule has 0 atom stereocenters. The number of rotatable bonds is 3. The quantitative estimate of drug-likeness (QED) is 0.498. The molecule has 1 aromatic heterocycles. The van der Waals surface area contributed by atoms with Crippen molar-refractivity contribution in [1.82, 2.24) is 4.98 Å². The smallest absolute Gasteiger partial charge is 0.255 e. The average molecular weight is 390 g/mol. The number of para-hydroxylation sites is 1. The van der Waals surface area contributed by atoms with Gasteiger partial charge in [0.2, 0.25) is 6.79 Å². The molecule has 6 nitrogen and oxygen atoms in total. The van der Waals surface area contributed by atoms with E-state index in [1.807, 2.05) is 24.3 Å². The summed E-state index contributed by atoms with van der Waals surface area (Å²) in [4.78, 5) is 17.2. The Hall–Kier alpha value is -3.58. The van der Waals surface area contributed by atoms with Crippen LogP contribution in [0.5, 0.6) is 17.2 Å². The van der Waals surface area contributed by atoms with Gasteiger partial charge in [-0.25, -0.2) is 4.98 Å². The van der Waals surface area contributed by atoms with Gasteiger partial charge >= 0.3 is 0 Å². The third-order valence-corrected chi connectivity index (χ3v) is 5.48. The Morgan fingerprint density at radius 2 is 1.89 bits per heavy atom. The Bertz CT molecular complexity index is 1190. The summed E-state index contributed by atoms with van der Waals surface area (Å²) in [6.07, 6.45) is 0. The minimum absolute atomic E-state index is 0.111. The van der Waals surface area contributed by atoms with Crippen molar-refractivity contribution in [3.8, 4) is 27.8 Å². The number of carbonyl (C=O) groups excluding carboxylic acids is 1. The lowest BCUT2D eigenvalue weighted by Gasteiger charge is -2.08. The minimum Gasteiger partial charge on any atom is -0.507 e. The number of benzene rings is 3. The van der Waals surface area contributed by atoms with Gasteiger partial charge in [0.25, 0.3) is 5.91 Å². The molecular formula is C21H14N2O4S. The van der Waals surface area contributed by atoms with E-state index in [9.17, 15) is 9.90 Å². The van der Waals surface area contributed by atoms with Gasteiger partial charge in [-0.1, -0.05) is 12.1 Å². The summed E-state index contributed by atoms with van der Waals surface area (Å²) in [6.45, 7) is 0.157. The fraction of sp³-hybridized carbons (Fsp3) is 0.0476. The molecule has 4 aromatic rings. The molecule has 2 N–H and O–H groups in total. The molecule has 0 spiro atoms. The topological polar surface area (TPSA) is 80.7 Å². The van der Waals surface area contributed by atoms with Crippen LogP contribution < -0.4 is 14.8 Å². The number of aromatic nitrogens is 1. The summed E-state index contributed by atoms with van der Waals surface area (Å²) in [5.74, 6) is 1.01. The van der Waals surface area contributed by atoms with Crippen LogP contribution in [0.25, 0.3) is 20.8 Å². The van der Waals surface area contributed by atoms with Gasteiger partial charge in [0.15, 0.2) is 11.5 Å².